The van der Waals surface area contributed by atoms with Gasteiger partial charge in [0, 0.05) is 12.8 Å². The monoisotopic (exact) mass is 238 g/mol. The lowest BCUT2D eigenvalue weighted by Gasteiger charge is -2.30. The molecule has 0 saturated carbocycles. The van der Waals surface area contributed by atoms with Crippen molar-refractivity contribution in [3.8, 4) is 0 Å². The highest BCUT2D eigenvalue weighted by molar-refractivity contribution is 5.36. The van der Waals surface area contributed by atoms with Crippen LogP contribution in [0.5, 0.6) is 0 Å². The summed E-state index contributed by atoms with van der Waals surface area (Å²) in [5, 5.41) is 3.35. The van der Waals surface area contributed by atoms with Crippen molar-refractivity contribution in [1.29, 1.82) is 0 Å². The number of hydrogen-bond acceptors (Lipinski definition) is 5. The number of anilines is 1. The molecule has 1 aliphatic heterocycles. The number of rotatable bonds is 4. The molecule has 0 bridgehead atoms. The molecule has 5 nitrogen and oxygen atoms in total. The van der Waals surface area contributed by atoms with Gasteiger partial charge in [-0.25, -0.2) is 14.8 Å². The molecule has 94 valence electrons. The van der Waals surface area contributed by atoms with Gasteiger partial charge in [0.15, 0.2) is 0 Å². The third kappa shape index (κ3) is 3.39. The Hall–Kier alpha value is -1.17. The van der Waals surface area contributed by atoms with Crippen LogP contribution in [0.25, 0.3) is 0 Å². The molecule has 2 atom stereocenters. The maximum atomic E-state index is 5.36. The Kier molecular flexibility index (Phi) is 4.30. The lowest BCUT2D eigenvalue weighted by Crippen LogP contribution is -2.43. The van der Waals surface area contributed by atoms with E-state index in [2.05, 4.69) is 10.3 Å². The Morgan fingerprint density at radius 1 is 1.47 bits per heavy atom. The van der Waals surface area contributed by atoms with Gasteiger partial charge in [-0.3, -0.25) is 0 Å². The van der Waals surface area contributed by atoms with Crippen LogP contribution in [0.1, 0.15) is 12.0 Å². The van der Waals surface area contributed by atoms with Crippen LogP contribution in [0.3, 0.4) is 0 Å². The summed E-state index contributed by atoms with van der Waals surface area (Å²) in [5.74, 6) is 0.854. The fourth-order valence-electron chi connectivity index (χ4n) is 1.84. The number of nitrogens with one attached hydrogen (secondary N) is 1. The van der Waals surface area contributed by atoms with Gasteiger partial charge in [0.2, 0.25) is 0 Å². The first kappa shape index (κ1) is 12.3. The molecule has 1 saturated heterocycles. The van der Waals surface area contributed by atoms with E-state index in [0.717, 1.165) is 24.4 Å². The Morgan fingerprint density at radius 3 is 3.06 bits per heavy atom. The van der Waals surface area contributed by atoms with Gasteiger partial charge in [-0.15, -0.1) is 0 Å². The SMILES string of the molecule is COOC1COCCC1Nc1ccc(C)cn1. The molecule has 2 rings (SSSR count). The molecule has 1 fully saturated rings. The molecule has 0 aliphatic carbocycles. The van der Waals surface area contributed by atoms with Crippen LogP contribution in [0.15, 0.2) is 18.3 Å². The highest BCUT2D eigenvalue weighted by Crippen LogP contribution is 2.16. The van der Waals surface area contributed by atoms with E-state index in [9.17, 15) is 0 Å². The summed E-state index contributed by atoms with van der Waals surface area (Å²) in [6, 6.07) is 4.16. The maximum Gasteiger partial charge on any atom is 0.136 e. The fraction of sp³-hybridized carbons (Fsp3) is 0.583. The molecule has 0 radical (unpaired) electrons. The van der Waals surface area contributed by atoms with E-state index in [1.165, 1.54) is 7.11 Å². The first-order valence-electron chi connectivity index (χ1n) is 5.76. The van der Waals surface area contributed by atoms with Crippen LogP contribution in [-0.2, 0) is 14.5 Å². The van der Waals surface area contributed by atoms with Gasteiger partial charge < -0.3 is 10.1 Å². The summed E-state index contributed by atoms with van der Waals surface area (Å²) in [7, 11) is 1.51. The molecule has 2 unspecified atom stereocenters. The van der Waals surface area contributed by atoms with Crippen molar-refractivity contribution < 1.29 is 14.5 Å². The standard InChI is InChI=1S/C12H18N2O3/c1-9-3-4-12(13-7-9)14-10-5-6-16-8-11(10)17-15-2/h3-4,7,10-11H,5-6,8H2,1-2H3,(H,13,14). The van der Waals surface area contributed by atoms with E-state index in [1.807, 2.05) is 25.3 Å². The Bertz CT molecular complexity index is 340. The third-order valence-corrected chi connectivity index (χ3v) is 2.77. The van der Waals surface area contributed by atoms with Crippen LogP contribution in [-0.4, -0.2) is 37.5 Å². The topological polar surface area (TPSA) is 52.6 Å². The van der Waals surface area contributed by atoms with E-state index >= 15 is 0 Å². The van der Waals surface area contributed by atoms with Crippen LogP contribution >= 0.6 is 0 Å². The maximum absolute atomic E-state index is 5.36. The van der Waals surface area contributed by atoms with Crippen LogP contribution in [0.2, 0.25) is 0 Å². The molecule has 0 amide bonds. The number of aromatic nitrogens is 1. The van der Waals surface area contributed by atoms with Gasteiger partial charge in [0.1, 0.15) is 11.9 Å². The number of pyridine rings is 1. The molecule has 17 heavy (non-hydrogen) atoms. The third-order valence-electron chi connectivity index (χ3n) is 2.77. The fourth-order valence-corrected chi connectivity index (χ4v) is 1.84. The Morgan fingerprint density at radius 2 is 2.35 bits per heavy atom. The predicted octanol–water partition coefficient (Wildman–Crippen LogP) is 1.54. The molecular formula is C12H18N2O3. The molecule has 5 heteroatoms. The summed E-state index contributed by atoms with van der Waals surface area (Å²) < 4.78 is 5.36. The van der Waals surface area contributed by atoms with E-state index in [4.69, 9.17) is 14.5 Å². The molecule has 2 heterocycles. The predicted molar refractivity (Wildman–Crippen MR) is 63.7 cm³/mol. The van der Waals surface area contributed by atoms with Gasteiger partial charge in [-0.2, -0.15) is 0 Å². The minimum absolute atomic E-state index is 0.100. The molecule has 0 spiro atoms. The first-order chi connectivity index (χ1) is 8.29. The van der Waals surface area contributed by atoms with E-state index < -0.39 is 0 Å². The van der Waals surface area contributed by atoms with Crippen molar-refractivity contribution in [1.82, 2.24) is 4.98 Å². The number of aryl methyl sites for hydroxylation is 1. The van der Waals surface area contributed by atoms with Gasteiger partial charge in [0.25, 0.3) is 0 Å². The molecule has 1 aromatic rings. The minimum atomic E-state index is -0.100. The van der Waals surface area contributed by atoms with E-state index in [1.54, 1.807) is 0 Å². The van der Waals surface area contributed by atoms with Crippen molar-refractivity contribution >= 4 is 5.82 Å². The summed E-state index contributed by atoms with van der Waals surface area (Å²) in [4.78, 5) is 14.2. The van der Waals surface area contributed by atoms with Crippen LogP contribution in [0.4, 0.5) is 5.82 Å². The van der Waals surface area contributed by atoms with Crippen molar-refractivity contribution in [3.63, 3.8) is 0 Å². The summed E-state index contributed by atoms with van der Waals surface area (Å²) in [6.45, 7) is 3.28. The van der Waals surface area contributed by atoms with Crippen LogP contribution in [0, 0.1) is 6.92 Å². The largest absolute Gasteiger partial charge is 0.378 e. The molecule has 1 aromatic heterocycles. The lowest BCUT2D eigenvalue weighted by atomic mass is 10.1. The second-order valence-electron chi connectivity index (χ2n) is 4.14. The Balaban J connectivity index is 1.97. The average molecular weight is 238 g/mol. The Labute approximate surface area is 101 Å². The minimum Gasteiger partial charge on any atom is -0.378 e. The number of hydrogen-bond donors (Lipinski definition) is 1. The molecular weight excluding hydrogens is 220 g/mol. The molecule has 1 N–H and O–H groups in total. The second kappa shape index (κ2) is 5.95. The average Bonchev–Trinajstić information content (AvgIpc) is 2.35. The van der Waals surface area contributed by atoms with Crippen molar-refractivity contribution in [2.45, 2.75) is 25.5 Å². The van der Waals surface area contributed by atoms with Crippen molar-refractivity contribution in [3.05, 3.63) is 23.9 Å². The zero-order chi connectivity index (χ0) is 12.1. The van der Waals surface area contributed by atoms with Crippen molar-refractivity contribution in [2.75, 3.05) is 25.6 Å². The summed E-state index contributed by atoms with van der Waals surface area (Å²) >= 11 is 0. The van der Waals surface area contributed by atoms with Gasteiger partial charge in [-0.05, 0) is 25.0 Å². The normalized spacial score (nSPS) is 24.6. The summed E-state index contributed by atoms with van der Waals surface area (Å²) in [6.07, 6.45) is 2.62. The van der Waals surface area contributed by atoms with E-state index in [0.29, 0.717) is 6.61 Å². The van der Waals surface area contributed by atoms with Gasteiger partial charge in [0.05, 0.1) is 19.8 Å². The highest BCUT2D eigenvalue weighted by Gasteiger charge is 2.27. The number of ether oxygens (including phenoxy) is 1. The zero-order valence-electron chi connectivity index (χ0n) is 10.2. The number of nitrogens with zero attached hydrogens (tertiary/aromatic N) is 1. The molecule has 1 aliphatic rings. The second-order valence-corrected chi connectivity index (χ2v) is 4.14. The molecule has 0 aromatic carbocycles. The highest BCUT2D eigenvalue weighted by atomic mass is 17.2. The quantitative estimate of drug-likeness (QED) is 0.637. The summed E-state index contributed by atoms with van der Waals surface area (Å²) in [5.41, 5.74) is 1.15. The van der Waals surface area contributed by atoms with Crippen LogP contribution < -0.4 is 5.32 Å². The van der Waals surface area contributed by atoms with Gasteiger partial charge >= 0.3 is 0 Å². The smallest absolute Gasteiger partial charge is 0.136 e. The van der Waals surface area contributed by atoms with Crippen molar-refractivity contribution in [2.24, 2.45) is 0 Å². The zero-order valence-corrected chi connectivity index (χ0v) is 10.2. The van der Waals surface area contributed by atoms with E-state index in [-0.39, 0.29) is 12.1 Å². The first-order valence-corrected chi connectivity index (χ1v) is 5.76. The van der Waals surface area contributed by atoms with Gasteiger partial charge in [-0.1, -0.05) is 6.07 Å². The lowest BCUT2D eigenvalue weighted by molar-refractivity contribution is -0.319.